The predicted molar refractivity (Wildman–Crippen MR) is 79.1 cm³/mol. The van der Waals surface area contributed by atoms with Gasteiger partial charge in [-0.3, -0.25) is 0 Å². The van der Waals surface area contributed by atoms with Crippen LogP contribution < -0.4 is 10.1 Å². The lowest BCUT2D eigenvalue weighted by Gasteiger charge is -2.24. The van der Waals surface area contributed by atoms with Crippen LogP contribution in [-0.2, 0) is 6.42 Å². The monoisotopic (exact) mass is 269 g/mol. The Morgan fingerprint density at radius 3 is 2.39 bits per heavy atom. The standard InChI is InChI=1S/C15H23NO.ClH/c1-11-8-13(9-12(2)15(11)17-3)10-14-6-4-5-7-16-14;/h8-9,14,16H,4-7,10H2,1-3H3;1H. The van der Waals surface area contributed by atoms with Gasteiger partial charge in [-0.15, -0.1) is 12.4 Å². The summed E-state index contributed by atoms with van der Waals surface area (Å²) in [7, 11) is 1.75. The van der Waals surface area contributed by atoms with Crippen molar-refractivity contribution in [2.24, 2.45) is 0 Å². The zero-order valence-corrected chi connectivity index (χ0v) is 12.4. The average molecular weight is 270 g/mol. The first kappa shape index (κ1) is 15.3. The molecule has 1 aliphatic rings. The molecule has 0 amide bonds. The zero-order valence-electron chi connectivity index (χ0n) is 11.6. The van der Waals surface area contributed by atoms with E-state index in [0.29, 0.717) is 6.04 Å². The molecule has 1 N–H and O–H groups in total. The first-order valence-electron chi connectivity index (χ1n) is 6.58. The van der Waals surface area contributed by atoms with E-state index >= 15 is 0 Å². The Balaban J connectivity index is 0.00000162. The number of methoxy groups -OCH3 is 1. The van der Waals surface area contributed by atoms with Gasteiger partial charge in [0, 0.05) is 6.04 Å². The van der Waals surface area contributed by atoms with Crippen LogP contribution in [0.3, 0.4) is 0 Å². The number of halogens is 1. The highest BCUT2D eigenvalue weighted by molar-refractivity contribution is 5.85. The number of piperidine rings is 1. The highest BCUT2D eigenvalue weighted by Crippen LogP contribution is 2.25. The topological polar surface area (TPSA) is 21.3 Å². The van der Waals surface area contributed by atoms with Crippen molar-refractivity contribution in [3.63, 3.8) is 0 Å². The summed E-state index contributed by atoms with van der Waals surface area (Å²) in [6, 6.07) is 5.19. The fourth-order valence-electron chi connectivity index (χ4n) is 2.86. The van der Waals surface area contributed by atoms with Gasteiger partial charge in [0.05, 0.1) is 7.11 Å². The third-order valence-corrected chi connectivity index (χ3v) is 3.62. The minimum Gasteiger partial charge on any atom is -0.496 e. The molecule has 1 atom stereocenters. The first-order valence-corrected chi connectivity index (χ1v) is 6.58. The van der Waals surface area contributed by atoms with Crippen molar-refractivity contribution in [2.75, 3.05) is 13.7 Å². The molecule has 0 aliphatic carbocycles. The smallest absolute Gasteiger partial charge is 0.124 e. The quantitative estimate of drug-likeness (QED) is 0.908. The van der Waals surface area contributed by atoms with Gasteiger partial charge in [-0.05, 0) is 56.3 Å². The molecule has 3 heteroatoms. The van der Waals surface area contributed by atoms with Crippen LogP contribution in [-0.4, -0.2) is 19.7 Å². The summed E-state index contributed by atoms with van der Waals surface area (Å²) in [5.74, 6) is 1.03. The molecule has 102 valence electrons. The lowest BCUT2D eigenvalue weighted by molar-refractivity contribution is 0.397. The Hall–Kier alpha value is -0.730. The highest BCUT2D eigenvalue weighted by Gasteiger charge is 2.14. The molecule has 2 nitrogen and oxygen atoms in total. The minimum absolute atomic E-state index is 0. The summed E-state index contributed by atoms with van der Waals surface area (Å²) in [5, 5.41) is 3.60. The second-order valence-corrected chi connectivity index (χ2v) is 5.11. The number of ether oxygens (including phenoxy) is 1. The third kappa shape index (κ3) is 3.63. The fraction of sp³-hybridized carbons (Fsp3) is 0.600. The van der Waals surface area contributed by atoms with Crippen LogP contribution in [0.25, 0.3) is 0 Å². The predicted octanol–water partition coefficient (Wildman–Crippen LogP) is 3.42. The Kier molecular flexibility index (Phi) is 5.97. The Bertz CT molecular complexity index is 363. The van der Waals surface area contributed by atoms with Crippen molar-refractivity contribution < 1.29 is 4.74 Å². The number of benzene rings is 1. The zero-order chi connectivity index (χ0) is 12.3. The maximum Gasteiger partial charge on any atom is 0.124 e. The van der Waals surface area contributed by atoms with E-state index in [2.05, 4.69) is 31.3 Å². The summed E-state index contributed by atoms with van der Waals surface area (Å²) in [6.45, 7) is 5.44. The lowest BCUT2D eigenvalue weighted by atomic mass is 9.95. The van der Waals surface area contributed by atoms with Crippen LogP contribution in [0, 0.1) is 13.8 Å². The van der Waals surface area contributed by atoms with E-state index < -0.39 is 0 Å². The molecular weight excluding hydrogens is 246 g/mol. The largest absolute Gasteiger partial charge is 0.496 e. The van der Waals surface area contributed by atoms with Crippen LogP contribution in [0.15, 0.2) is 12.1 Å². The summed E-state index contributed by atoms with van der Waals surface area (Å²) in [4.78, 5) is 0. The van der Waals surface area contributed by atoms with Gasteiger partial charge in [-0.25, -0.2) is 0 Å². The van der Waals surface area contributed by atoms with Gasteiger partial charge >= 0.3 is 0 Å². The van der Waals surface area contributed by atoms with Gasteiger partial charge in [0.25, 0.3) is 0 Å². The summed E-state index contributed by atoms with van der Waals surface area (Å²) in [5.41, 5.74) is 3.93. The van der Waals surface area contributed by atoms with Gasteiger partial charge in [-0.1, -0.05) is 18.6 Å². The first-order chi connectivity index (χ1) is 8.20. The van der Waals surface area contributed by atoms with E-state index in [1.165, 1.54) is 42.5 Å². The van der Waals surface area contributed by atoms with Crippen molar-refractivity contribution in [3.8, 4) is 5.75 Å². The Morgan fingerprint density at radius 1 is 1.22 bits per heavy atom. The van der Waals surface area contributed by atoms with Crippen molar-refractivity contribution in [2.45, 2.75) is 45.6 Å². The molecule has 1 saturated heterocycles. The van der Waals surface area contributed by atoms with Crippen LogP contribution in [0.4, 0.5) is 0 Å². The van der Waals surface area contributed by atoms with Crippen LogP contribution in [0.5, 0.6) is 5.75 Å². The van der Waals surface area contributed by atoms with E-state index in [1.807, 2.05) is 0 Å². The molecule has 0 bridgehead atoms. The summed E-state index contributed by atoms with van der Waals surface area (Å²) < 4.78 is 5.41. The van der Waals surface area contributed by atoms with Gasteiger partial charge in [0.15, 0.2) is 0 Å². The molecular formula is C15H24ClNO. The van der Waals surface area contributed by atoms with Gasteiger partial charge < -0.3 is 10.1 Å². The minimum atomic E-state index is 0. The third-order valence-electron chi connectivity index (χ3n) is 3.62. The van der Waals surface area contributed by atoms with Crippen LogP contribution in [0.2, 0.25) is 0 Å². The molecule has 1 unspecified atom stereocenters. The summed E-state index contributed by atoms with van der Waals surface area (Å²) in [6.07, 6.45) is 5.15. The fourth-order valence-corrected chi connectivity index (χ4v) is 2.86. The highest BCUT2D eigenvalue weighted by atomic mass is 35.5. The lowest BCUT2D eigenvalue weighted by Crippen LogP contribution is -2.35. The maximum absolute atomic E-state index is 5.41. The van der Waals surface area contributed by atoms with Crippen molar-refractivity contribution in [3.05, 3.63) is 28.8 Å². The number of rotatable bonds is 3. The summed E-state index contributed by atoms with van der Waals surface area (Å²) >= 11 is 0. The Morgan fingerprint density at radius 2 is 1.89 bits per heavy atom. The molecule has 1 aromatic carbocycles. The van der Waals surface area contributed by atoms with Crippen molar-refractivity contribution >= 4 is 12.4 Å². The molecule has 1 fully saturated rings. The van der Waals surface area contributed by atoms with E-state index in [-0.39, 0.29) is 12.4 Å². The molecule has 0 aromatic heterocycles. The average Bonchev–Trinajstić information content (AvgIpc) is 2.30. The van der Waals surface area contributed by atoms with E-state index in [0.717, 1.165) is 12.2 Å². The van der Waals surface area contributed by atoms with Crippen LogP contribution >= 0.6 is 12.4 Å². The molecule has 0 radical (unpaired) electrons. The van der Waals surface area contributed by atoms with Gasteiger partial charge in [0.1, 0.15) is 5.75 Å². The van der Waals surface area contributed by atoms with Gasteiger partial charge in [0.2, 0.25) is 0 Å². The normalized spacial score (nSPS) is 19.2. The van der Waals surface area contributed by atoms with Gasteiger partial charge in [-0.2, -0.15) is 0 Å². The molecule has 2 rings (SSSR count). The van der Waals surface area contributed by atoms with Crippen molar-refractivity contribution in [1.29, 1.82) is 0 Å². The number of nitrogens with one attached hydrogen (secondary N) is 1. The maximum atomic E-state index is 5.41. The molecule has 0 spiro atoms. The second kappa shape index (κ2) is 7.01. The number of hydrogen-bond donors (Lipinski definition) is 1. The van der Waals surface area contributed by atoms with E-state index in [4.69, 9.17) is 4.74 Å². The molecule has 18 heavy (non-hydrogen) atoms. The SMILES string of the molecule is COc1c(C)cc(CC2CCCCN2)cc1C.Cl. The van der Waals surface area contributed by atoms with Crippen molar-refractivity contribution in [1.82, 2.24) is 5.32 Å². The Labute approximate surface area is 117 Å². The number of aryl methyl sites for hydroxylation is 2. The second-order valence-electron chi connectivity index (χ2n) is 5.11. The molecule has 1 aliphatic heterocycles. The van der Waals surface area contributed by atoms with Crippen LogP contribution in [0.1, 0.15) is 36.0 Å². The molecule has 0 saturated carbocycles. The van der Waals surface area contributed by atoms with E-state index in [9.17, 15) is 0 Å². The van der Waals surface area contributed by atoms with E-state index in [1.54, 1.807) is 7.11 Å². The molecule has 1 aromatic rings. The molecule has 1 heterocycles. The number of hydrogen-bond acceptors (Lipinski definition) is 2.